The number of alkyl carbamates (subject to hydrolysis) is 1. The number of carbonyl (C=O) groups excluding carboxylic acids is 1. The van der Waals surface area contributed by atoms with Gasteiger partial charge in [0.05, 0.1) is 6.61 Å². The Morgan fingerprint density at radius 3 is 2.79 bits per heavy atom. The molecule has 1 aliphatic heterocycles. The van der Waals surface area contributed by atoms with Crippen LogP contribution in [0.2, 0.25) is 0 Å². The second kappa shape index (κ2) is 10.6. The van der Waals surface area contributed by atoms with Crippen molar-refractivity contribution in [3.8, 4) is 5.75 Å². The maximum atomic E-state index is 13.0. The number of halogens is 1. The topological polar surface area (TPSA) is 50.8 Å². The highest BCUT2D eigenvalue weighted by Gasteiger charge is 2.40. The Kier molecular flexibility index (Phi) is 7.95. The zero-order valence-electron chi connectivity index (χ0n) is 16.9. The first-order chi connectivity index (χ1) is 13.7. The number of carbonyl (C=O) groups is 1. The van der Waals surface area contributed by atoms with Gasteiger partial charge in [-0.15, -0.1) is 0 Å². The molecule has 0 bridgehead atoms. The molecular formula is C22H33FN2O3. The summed E-state index contributed by atoms with van der Waals surface area (Å²) in [6.45, 7) is 5.27. The summed E-state index contributed by atoms with van der Waals surface area (Å²) < 4.78 is 24.5. The average molecular weight is 393 g/mol. The Bertz CT molecular complexity index is 610. The maximum Gasteiger partial charge on any atom is 0.407 e. The molecule has 1 heterocycles. The molecule has 1 amide bonds. The number of fused-ring (bicyclic) bond motifs is 1. The second-order valence-corrected chi connectivity index (χ2v) is 7.87. The molecule has 1 saturated heterocycles. The average Bonchev–Trinajstić information content (AvgIpc) is 2.72. The lowest BCUT2D eigenvalue weighted by Crippen LogP contribution is -2.54. The molecule has 3 atom stereocenters. The molecule has 0 spiro atoms. The van der Waals surface area contributed by atoms with Gasteiger partial charge in [0.2, 0.25) is 0 Å². The molecule has 0 aromatic heterocycles. The number of amides is 1. The van der Waals surface area contributed by atoms with Crippen molar-refractivity contribution >= 4 is 6.09 Å². The number of ether oxygens (including phenoxy) is 2. The molecule has 1 N–H and O–H groups in total. The predicted molar refractivity (Wildman–Crippen MR) is 107 cm³/mol. The fourth-order valence-electron chi connectivity index (χ4n) is 4.52. The van der Waals surface area contributed by atoms with Crippen molar-refractivity contribution < 1.29 is 18.7 Å². The first-order valence-corrected chi connectivity index (χ1v) is 10.7. The molecule has 1 saturated carbocycles. The largest absolute Gasteiger partial charge is 0.494 e. The normalized spacial score (nSPS) is 25.0. The highest BCUT2D eigenvalue weighted by Crippen LogP contribution is 2.37. The number of hydrogen-bond donors (Lipinski definition) is 1. The molecule has 6 heteroatoms. The Hall–Kier alpha value is -1.82. The van der Waals surface area contributed by atoms with Gasteiger partial charge in [-0.2, -0.15) is 0 Å². The van der Waals surface area contributed by atoms with Gasteiger partial charge in [-0.1, -0.05) is 19.8 Å². The van der Waals surface area contributed by atoms with E-state index in [1.165, 1.54) is 31.4 Å². The van der Waals surface area contributed by atoms with E-state index in [1.807, 2.05) is 6.92 Å². The minimum Gasteiger partial charge on any atom is -0.494 e. The minimum atomic E-state index is -0.266. The summed E-state index contributed by atoms with van der Waals surface area (Å²) in [6, 6.07) is 6.67. The van der Waals surface area contributed by atoms with E-state index in [0.717, 1.165) is 38.8 Å². The second-order valence-electron chi connectivity index (χ2n) is 7.87. The van der Waals surface area contributed by atoms with Crippen LogP contribution in [0.4, 0.5) is 9.18 Å². The summed E-state index contributed by atoms with van der Waals surface area (Å²) >= 11 is 0. The first kappa shape index (κ1) is 20.9. The van der Waals surface area contributed by atoms with Gasteiger partial charge in [-0.3, -0.25) is 4.90 Å². The summed E-state index contributed by atoms with van der Waals surface area (Å²) in [4.78, 5) is 14.6. The fraction of sp³-hybridized carbons (Fsp3) is 0.682. The Morgan fingerprint density at radius 1 is 1.21 bits per heavy atom. The van der Waals surface area contributed by atoms with Gasteiger partial charge in [0.1, 0.15) is 17.7 Å². The van der Waals surface area contributed by atoms with E-state index >= 15 is 0 Å². The lowest BCUT2D eigenvalue weighted by atomic mass is 9.76. The maximum absolute atomic E-state index is 13.0. The smallest absolute Gasteiger partial charge is 0.407 e. The SMILES string of the molecule is CCCNC(=O)OC1CCN(CCCOc2ccc(F)cc2)C2CCCCC12. The molecule has 0 radical (unpaired) electrons. The third-order valence-electron chi connectivity index (χ3n) is 5.88. The van der Waals surface area contributed by atoms with Crippen molar-refractivity contribution in [3.63, 3.8) is 0 Å². The lowest BCUT2D eigenvalue weighted by Gasteiger charge is -2.47. The Labute approximate surface area is 167 Å². The number of hydrogen-bond acceptors (Lipinski definition) is 4. The summed E-state index contributed by atoms with van der Waals surface area (Å²) in [6.07, 6.45) is 7.31. The molecule has 1 aromatic rings. The minimum absolute atomic E-state index is 0.0360. The van der Waals surface area contributed by atoms with E-state index in [-0.39, 0.29) is 18.0 Å². The van der Waals surface area contributed by atoms with E-state index in [1.54, 1.807) is 12.1 Å². The predicted octanol–water partition coefficient (Wildman–Crippen LogP) is 4.36. The van der Waals surface area contributed by atoms with Crippen LogP contribution in [0.1, 0.15) is 51.9 Å². The summed E-state index contributed by atoms with van der Waals surface area (Å²) in [7, 11) is 0. The quantitative estimate of drug-likeness (QED) is 0.668. The highest BCUT2D eigenvalue weighted by atomic mass is 19.1. The van der Waals surface area contributed by atoms with Crippen molar-refractivity contribution in [2.75, 3.05) is 26.2 Å². The summed E-state index contributed by atoms with van der Waals surface area (Å²) in [5.41, 5.74) is 0. The van der Waals surface area contributed by atoms with E-state index in [9.17, 15) is 9.18 Å². The van der Waals surface area contributed by atoms with Gasteiger partial charge in [0.15, 0.2) is 0 Å². The van der Waals surface area contributed by atoms with Crippen molar-refractivity contribution in [3.05, 3.63) is 30.1 Å². The van der Waals surface area contributed by atoms with Crippen molar-refractivity contribution in [1.82, 2.24) is 10.2 Å². The number of benzene rings is 1. The number of rotatable bonds is 8. The standard InChI is InChI=1S/C22H33FN2O3/c1-2-13-24-22(26)28-21-12-15-25(20-7-4-3-6-19(20)21)14-5-16-27-18-10-8-17(23)9-11-18/h8-11,19-21H,2-7,12-16H2,1H3,(H,24,26). The van der Waals surface area contributed by atoms with Crippen LogP contribution in [-0.4, -0.2) is 49.4 Å². The van der Waals surface area contributed by atoms with Crippen LogP contribution in [0.25, 0.3) is 0 Å². The monoisotopic (exact) mass is 392 g/mol. The summed E-state index contributed by atoms with van der Waals surface area (Å²) in [5, 5.41) is 2.83. The molecule has 3 unspecified atom stereocenters. The fourth-order valence-corrected chi connectivity index (χ4v) is 4.52. The van der Waals surface area contributed by atoms with E-state index in [2.05, 4.69) is 10.2 Å². The van der Waals surface area contributed by atoms with Gasteiger partial charge < -0.3 is 14.8 Å². The molecule has 2 aliphatic rings. The first-order valence-electron chi connectivity index (χ1n) is 10.7. The van der Waals surface area contributed by atoms with Crippen molar-refractivity contribution in [2.24, 2.45) is 5.92 Å². The van der Waals surface area contributed by atoms with Crippen molar-refractivity contribution in [1.29, 1.82) is 0 Å². The van der Waals surface area contributed by atoms with E-state index in [4.69, 9.17) is 9.47 Å². The van der Waals surface area contributed by atoms with Gasteiger partial charge in [0, 0.05) is 31.6 Å². The number of nitrogens with zero attached hydrogens (tertiary/aromatic N) is 1. The van der Waals surface area contributed by atoms with E-state index in [0.29, 0.717) is 30.9 Å². The lowest BCUT2D eigenvalue weighted by molar-refractivity contribution is -0.0444. The van der Waals surface area contributed by atoms with Crippen LogP contribution in [0.15, 0.2) is 24.3 Å². The molecule has 1 aromatic carbocycles. The van der Waals surface area contributed by atoms with Crippen LogP contribution in [0.3, 0.4) is 0 Å². The zero-order valence-corrected chi connectivity index (χ0v) is 16.9. The Morgan fingerprint density at radius 2 is 2.00 bits per heavy atom. The van der Waals surface area contributed by atoms with Crippen molar-refractivity contribution in [2.45, 2.75) is 64.0 Å². The Balaban J connectivity index is 1.45. The van der Waals surface area contributed by atoms with Crippen LogP contribution in [0.5, 0.6) is 5.75 Å². The molecule has 1 aliphatic carbocycles. The number of likely N-dealkylation sites (tertiary alicyclic amines) is 1. The number of piperidine rings is 1. The van der Waals surface area contributed by atoms with Gasteiger partial charge in [0.25, 0.3) is 0 Å². The van der Waals surface area contributed by atoms with Gasteiger partial charge in [-0.25, -0.2) is 9.18 Å². The molecular weight excluding hydrogens is 359 g/mol. The highest BCUT2D eigenvalue weighted by molar-refractivity contribution is 5.67. The molecule has 156 valence electrons. The number of nitrogens with one attached hydrogen (secondary N) is 1. The molecule has 2 fully saturated rings. The van der Waals surface area contributed by atoms with Gasteiger partial charge in [-0.05, 0) is 56.4 Å². The van der Waals surface area contributed by atoms with Crippen LogP contribution >= 0.6 is 0 Å². The summed E-state index contributed by atoms with van der Waals surface area (Å²) in [5.74, 6) is 0.902. The van der Waals surface area contributed by atoms with E-state index < -0.39 is 0 Å². The molecule has 28 heavy (non-hydrogen) atoms. The molecule has 3 rings (SSSR count). The zero-order chi connectivity index (χ0) is 19.8. The third kappa shape index (κ3) is 5.84. The van der Waals surface area contributed by atoms with Crippen LogP contribution < -0.4 is 10.1 Å². The van der Waals surface area contributed by atoms with Gasteiger partial charge >= 0.3 is 6.09 Å². The van der Waals surface area contributed by atoms with Crippen LogP contribution in [0, 0.1) is 11.7 Å². The molecule has 5 nitrogen and oxygen atoms in total. The third-order valence-corrected chi connectivity index (χ3v) is 5.88. The van der Waals surface area contributed by atoms with Crippen LogP contribution in [-0.2, 0) is 4.74 Å².